The van der Waals surface area contributed by atoms with E-state index in [1.54, 1.807) is 36.4 Å². The van der Waals surface area contributed by atoms with E-state index in [9.17, 15) is 19.8 Å². The van der Waals surface area contributed by atoms with Crippen LogP contribution in [-0.2, 0) is 14.3 Å². The Morgan fingerprint density at radius 3 is 1.96 bits per heavy atom. The maximum atomic E-state index is 11.7. The first-order valence-electron chi connectivity index (χ1n) is 7.03. The van der Waals surface area contributed by atoms with E-state index in [-0.39, 0.29) is 17.2 Å². The van der Waals surface area contributed by atoms with Crippen molar-refractivity contribution >= 4 is 17.6 Å². The lowest BCUT2D eigenvalue weighted by Crippen LogP contribution is -2.23. The summed E-state index contributed by atoms with van der Waals surface area (Å²) >= 11 is 0. The van der Waals surface area contributed by atoms with Gasteiger partial charge in [-0.2, -0.15) is 5.10 Å². The molecule has 0 aromatic heterocycles. The van der Waals surface area contributed by atoms with E-state index in [2.05, 4.69) is 15.3 Å². The molecule has 0 heterocycles. The number of nitrogens with one attached hydrogen (secondary N) is 1. The summed E-state index contributed by atoms with van der Waals surface area (Å²) in [6, 6.07) is 12.7. The second-order valence-corrected chi connectivity index (χ2v) is 4.78. The number of ether oxygens (including phenoxy) is 1. The Kier molecular flexibility index (Phi) is 5.51. The van der Waals surface area contributed by atoms with Gasteiger partial charge in [0.25, 0.3) is 5.91 Å². The van der Waals surface area contributed by atoms with Gasteiger partial charge in [0.15, 0.2) is 0 Å². The number of carbonyl (C=O) groups excluding carboxylic acids is 2. The predicted octanol–water partition coefficient (Wildman–Crippen LogP) is 1.53. The number of hydrazone groups is 1. The Labute approximate surface area is 138 Å². The van der Waals surface area contributed by atoms with Crippen molar-refractivity contribution in [1.82, 2.24) is 5.43 Å². The van der Waals surface area contributed by atoms with Gasteiger partial charge < -0.3 is 14.9 Å². The van der Waals surface area contributed by atoms with Gasteiger partial charge in [0.2, 0.25) is 0 Å². The fourth-order valence-corrected chi connectivity index (χ4v) is 1.97. The van der Waals surface area contributed by atoms with Gasteiger partial charge in [0.05, 0.1) is 7.11 Å². The average Bonchev–Trinajstić information content (AvgIpc) is 2.57. The Hall–Kier alpha value is -3.35. The SMILES string of the molecule is COC(=O)CC(=O)NN=C(c1ccccc1O)c1ccccc1O. The molecule has 0 atom stereocenters. The van der Waals surface area contributed by atoms with Crippen LogP contribution in [0.5, 0.6) is 11.5 Å². The summed E-state index contributed by atoms with van der Waals surface area (Å²) in [4.78, 5) is 22.8. The summed E-state index contributed by atoms with van der Waals surface area (Å²) in [5, 5.41) is 24.0. The van der Waals surface area contributed by atoms with E-state index in [1.807, 2.05) is 0 Å². The summed E-state index contributed by atoms with van der Waals surface area (Å²) < 4.78 is 4.41. The quantitative estimate of drug-likeness (QED) is 0.334. The number of esters is 1. The number of phenolic OH excluding ortho intramolecular Hbond substituents is 2. The van der Waals surface area contributed by atoms with E-state index >= 15 is 0 Å². The monoisotopic (exact) mass is 328 g/mol. The summed E-state index contributed by atoms with van der Waals surface area (Å²) in [7, 11) is 1.17. The molecule has 2 aromatic carbocycles. The number of rotatable bonds is 5. The van der Waals surface area contributed by atoms with Crippen molar-refractivity contribution in [2.24, 2.45) is 5.10 Å². The average molecular weight is 328 g/mol. The lowest BCUT2D eigenvalue weighted by atomic mass is 10.0. The number of phenols is 2. The maximum Gasteiger partial charge on any atom is 0.315 e. The highest BCUT2D eigenvalue weighted by molar-refractivity contribution is 6.16. The Morgan fingerprint density at radius 2 is 1.50 bits per heavy atom. The number of aromatic hydroxyl groups is 2. The number of para-hydroxylation sites is 2. The molecule has 0 fully saturated rings. The van der Waals surface area contributed by atoms with Crippen LogP contribution in [0.1, 0.15) is 17.5 Å². The van der Waals surface area contributed by atoms with E-state index in [4.69, 9.17) is 0 Å². The lowest BCUT2D eigenvalue weighted by molar-refractivity contribution is -0.143. The molecule has 0 unspecified atom stereocenters. The largest absolute Gasteiger partial charge is 0.507 e. The van der Waals surface area contributed by atoms with Gasteiger partial charge >= 0.3 is 5.97 Å². The van der Waals surface area contributed by atoms with E-state index in [0.717, 1.165) is 0 Å². The fraction of sp³-hybridized carbons (Fsp3) is 0.118. The van der Waals surface area contributed by atoms with Crippen LogP contribution in [0.4, 0.5) is 0 Å². The molecule has 124 valence electrons. The predicted molar refractivity (Wildman–Crippen MR) is 86.6 cm³/mol. The molecule has 0 aliphatic heterocycles. The van der Waals surface area contributed by atoms with Gasteiger partial charge in [-0.25, -0.2) is 5.43 Å². The standard InChI is InChI=1S/C17H16N2O5/c1-24-16(23)10-15(22)18-19-17(11-6-2-4-8-13(11)20)12-7-3-5-9-14(12)21/h2-9,20-21H,10H2,1H3,(H,18,22). The minimum absolute atomic E-state index is 0.0679. The molecule has 7 nitrogen and oxygen atoms in total. The first-order chi connectivity index (χ1) is 11.5. The molecule has 2 rings (SSSR count). The first-order valence-corrected chi connectivity index (χ1v) is 7.03. The van der Waals surface area contributed by atoms with Crippen molar-refractivity contribution in [3.05, 3.63) is 59.7 Å². The number of methoxy groups -OCH3 is 1. The molecule has 1 amide bonds. The lowest BCUT2D eigenvalue weighted by Gasteiger charge is -2.11. The molecule has 24 heavy (non-hydrogen) atoms. The third kappa shape index (κ3) is 4.10. The normalized spacial score (nSPS) is 9.88. The third-order valence-electron chi connectivity index (χ3n) is 3.14. The van der Waals surface area contributed by atoms with Crippen molar-refractivity contribution in [1.29, 1.82) is 0 Å². The third-order valence-corrected chi connectivity index (χ3v) is 3.14. The van der Waals surface area contributed by atoms with Crippen molar-refractivity contribution in [3.63, 3.8) is 0 Å². The molecule has 2 aromatic rings. The first kappa shape index (κ1) is 17.0. The van der Waals surface area contributed by atoms with Crippen LogP contribution >= 0.6 is 0 Å². The number of carbonyl (C=O) groups is 2. The number of hydrogen-bond acceptors (Lipinski definition) is 6. The molecule has 0 spiro atoms. The minimum atomic E-state index is -0.700. The van der Waals surface area contributed by atoms with Crippen molar-refractivity contribution in [2.45, 2.75) is 6.42 Å². The highest BCUT2D eigenvalue weighted by atomic mass is 16.5. The summed E-state index contributed by atoms with van der Waals surface area (Å²) in [5.41, 5.74) is 3.02. The Bertz CT molecular complexity index is 739. The van der Waals surface area contributed by atoms with E-state index in [0.29, 0.717) is 11.1 Å². The molecule has 0 saturated heterocycles. The molecule has 0 aliphatic rings. The Balaban J connectivity index is 2.39. The van der Waals surface area contributed by atoms with Crippen LogP contribution in [0.2, 0.25) is 0 Å². The van der Waals surface area contributed by atoms with Crippen LogP contribution in [-0.4, -0.2) is 34.9 Å². The van der Waals surface area contributed by atoms with Crippen LogP contribution < -0.4 is 5.43 Å². The number of nitrogens with zero attached hydrogens (tertiary/aromatic N) is 1. The molecule has 0 saturated carbocycles. The molecule has 0 radical (unpaired) electrons. The zero-order valence-electron chi connectivity index (χ0n) is 12.9. The molecule has 0 aliphatic carbocycles. The molecule has 7 heteroatoms. The van der Waals surface area contributed by atoms with Gasteiger partial charge in [-0.05, 0) is 24.3 Å². The second kappa shape index (κ2) is 7.77. The fourth-order valence-electron chi connectivity index (χ4n) is 1.97. The van der Waals surface area contributed by atoms with Crippen molar-refractivity contribution in [2.75, 3.05) is 7.11 Å². The van der Waals surface area contributed by atoms with Crippen LogP contribution in [0.15, 0.2) is 53.6 Å². The van der Waals surface area contributed by atoms with Gasteiger partial charge in [-0.3, -0.25) is 9.59 Å². The summed E-state index contributed by atoms with van der Waals surface area (Å²) in [6.45, 7) is 0. The highest BCUT2D eigenvalue weighted by Crippen LogP contribution is 2.25. The van der Waals surface area contributed by atoms with Crippen molar-refractivity contribution < 1.29 is 24.5 Å². The molecule has 3 N–H and O–H groups in total. The van der Waals surface area contributed by atoms with E-state index < -0.39 is 18.3 Å². The topological polar surface area (TPSA) is 108 Å². The Morgan fingerprint density at radius 1 is 1.00 bits per heavy atom. The highest BCUT2D eigenvalue weighted by Gasteiger charge is 2.16. The minimum Gasteiger partial charge on any atom is -0.507 e. The number of benzene rings is 2. The van der Waals surface area contributed by atoms with Gasteiger partial charge in [-0.1, -0.05) is 24.3 Å². The zero-order valence-corrected chi connectivity index (χ0v) is 12.9. The number of hydrogen-bond donors (Lipinski definition) is 3. The van der Waals surface area contributed by atoms with E-state index in [1.165, 1.54) is 19.2 Å². The van der Waals surface area contributed by atoms with Crippen LogP contribution in [0, 0.1) is 0 Å². The second-order valence-electron chi connectivity index (χ2n) is 4.78. The summed E-state index contributed by atoms with van der Waals surface area (Å²) in [5.74, 6) is -1.51. The maximum absolute atomic E-state index is 11.7. The smallest absolute Gasteiger partial charge is 0.315 e. The van der Waals surface area contributed by atoms with Crippen molar-refractivity contribution in [3.8, 4) is 11.5 Å². The van der Waals surface area contributed by atoms with Crippen LogP contribution in [0.25, 0.3) is 0 Å². The van der Waals surface area contributed by atoms with Gasteiger partial charge in [0, 0.05) is 11.1 Å². The molecular formula is C17H16N2O5. The molecular weight excluding hydrogens is 312 g/mol. The summed E-state index contributed by atoms with van der Waals surface area (Å²) in [6.07, 6.45) is -0.491. The van der Waals surface area contributed by atoms with Crippen LogP contribution in [0.3, 0.4) is 0 Å². The molecule has 0 bridgehead atoms. The van der Waals surface area contributed by atoms with Gasteiger partial charge in [0.1, 0.15) is 23.6 Å². The van der Waals surface area contributed by atoms with Gasteiger partial charge in [-0.15, -0.1) is 0 Å². The number of amides is 1. The zero-order chi connectivity index (χ0) is 17.5.